The van der Waals surface area contributed by atoms with Crippen molar-refractivity contribution in [2.75, 3.05) is 13.1 Å². The van der Waals surface area contributed by atoms with Crippen LogP contribution >= 0.6 is 0 Å². The zero-order valence-electron chi connectivity index (χ0n) is 16.0. The lowest BCUT2D eigenvalue weighted by Crippen LogP contribution is -2.49. The fraction of sp³-hybridized carbons (Fsp3) is 0.348. The Labute approximate surface area is 164 Å². The number of carbonyl (C=O) groups is 3. The van der Waals surface area contributed by atoms with Gasteiger partial charge in [0.1, 0.15) is 0 Å². The first-order valence-electron chi connectivity index (χ1n) is 9.84. The molecule has 2 aliphatic rings. The van der Waals surface area contributed by atoms with E-state index < -0.39 is 0 Å². The number of nitrogens with one attached hydrogen (secondary N) is 1. The number of amides is 2. The van der Waals surface area contributed by atoms with Crippen molar-refractivity contribution in [1.29, 1.82) is 0 Å². The highest BCUT2D eigenvalue weighted by Crippen LogP contribution is 2.28. The van der Waals surface area contributed by atoms with Crippen molar-refractivity contribution in [3.63, 3.8) is 0 Å². The third-order valence-electron chi connectivity index (χ3n) is 5.61. The lowest BCUT2D eigenvalue weighted by Gasteiger charge is -2.33. The number of carbonyl (C=O) groups excluding carboxylic acids is 3. The third-order valence-corrected chi connectivity index (χ3v) is 5.61. The second-order valence-electron chi connectivity index (χ2n) is 7.66. The maximum Gasteiger partial charge on any atom is 0.253 e. The molecule has 0 aromatic heterocycles. The number of rotatable bonds is 3. The second kappa shape index (κ2) is 7.58. The van der Waals surface area contributed by atoms with Crippen LogP contribution in [0.3, 0.4) is 0 Å². The Morgan fingerprint density at radius 3 is 2.54 bits per heavy atom. The normalized spacial score (nSPS) is 18.7. The number of benzene rings is 2. The van der Waals surface area contributed by atoms with Crippen molar-refractivity contribution in [3.8, 4) is 11.1 Å². The molecule has 0 radical (unpaired) electrons. The van der Waals surface area contributed by atoms with Gasteiger partial charge in [-0.2, -0.15) is 0 Å². The summed E-state index contributed by atoms with van der Waals surface area (Å²) in [5.41, 5.74) is 4.71. The van der Waals surface area contributed by atoms with Crippen molar-refractivity contribution < 1.29 is 14.4 Å². The standard InChI is InChI=1S/C23H24N2O3/c1-15(26)24-20-3-2-12-25(14-20)23(28)17-6-4-16(5-7-17)18-8-10-21-19(13-18)9-11-22(21)27/h4-8,10,13,20H,2-3,9,11-12,14H2,1H3,(H,24,26)/t20-/m0/s1. The molecule has 1 heterocycles. The van der Waals surface area contributed by atoms with Crippen molar-refractivity contribution in [1.82, 2.24) is 10.2 Å². The number of nitrogens with zero attached hydrogens (tertiary/aromatic N) is 1. The number of fused-ring (bicyclic) bond motifs is 1. The number of aryl methyl sites for hydroxylation is 1. The topological polar surface area (TPSA) is 66.5 Å². The molecule has 2 amide bonds. The van der Waals surface area contributed by atoms with E-state index in [-0.39, 0.29) is 23.6 Å². The van der Waals surface area contributed by atoms with E-state index in [0.717, 1.165) is 48.1 Å². The van der Waals surface area contributed by atoms with Crippen molar-refractivity contribution in [3.05, 3.63) is 59.2 Å². The van der Waals surface area contributed by atoms with Crippen molar-refractivity contribution >= 4 is 17.6 Å². The van der Waals surface area contributed by atoms with Gasteiger partial charge in [0.25, 0.3) is 5.91 Å². The van der Waals surface area contributed by atoms with Crippen LogP contribution in [-0.2, 0) is 11.2 Å². The van der Waals surface area contributed by atoms with E-state index in [9.17, 15) is 14.4 Å². The summed E-state index contributed by atoms with van der Waals surface area (Å²) in [6.07, 6.45) is 3.20. The van der Waals surface area contributed by atoms with Crippen LogP contribution in [0.15, 0.2) is 42.5 Å². The van der Waals surface area contributed by atoms with Crippen LogP contribution in [0.5, 0.6) is 0 Å². The van der Waals surface area contributed by atoms with E-state index in [1.54, 1.807) is 0 Å². The molecule has 0 bridgehead atoms. The summed E-state index contributed by atoms with van der Waals surface area (Å²) in [5, 5.41) is 2.92. The van der Waals surface area contributed by atoms with Gasteiger partial charge in [0, 0.05) is 43.6 Å². The quantitative estimate of drug-likeness (QED) is 0.894. The monoisotopic (exact) mass is 376 g/mol. The molecule has 1 fully saturated rings. The minimum absolute atomic E-state index is 0.00107. The molecule has 0 spiro atoms. The van der Waals surface area contributed by atoms with Gasteiger partial charge in [0.15, 0.2) is 5.78 Å². The summed E-state index contributed by atoms with van der Waals surface area (Å²) in [5.74, 6) is 0.169. The summed E-state index contributed by atoms with van der Waals surface area (Å²) < 4.78 is 0. The van der Waals surface area contributed by atoms with Crippen LogP contribution in [0, 0.1) is 0 Å². The largest absolute Gasteiger partial charge is 0.352 e. The van der Waals surface area contributed by atoms with E-state index in [1.165, 1.54) is 6.92 Å². The van der Waals surface area contributed by atoms with Crippen molar-refractivity contribution in [2.24, 2.45) is 0 Å². The van der Waals surface area contributed by atoms with E-state index in [4.69, 9.17) is 0 Å². The Morgan fingerprint density at radius 2 is 1.79 bits per heavy atom. The molecule has 1 N–H and O–H groups in total. The summed E-state index contributed by atoms with van der Waals surface area (Å²) >= 11 is 0. The number of hydrogen-bond acceptors (Lipinski definition) is 3. The highest BCUT2D eigenvalue weighted by molar-refractivity contribution is 6.01. The molecular weight excluding hydrogens is 352 g/mol. The predicted molar refractivity (Wildman–Crippen MR) is 107 cm³/mol. The molecule has 4 rings (SSSR count). The van der Waals surface area contributed by atoms with Crippen LogP contribution in [0.4, 0.5) is 0 Å². The first kappa shape index (κ1) is 18.4. The highest BCUT2D eigenvalue weighted by atomic mass is 16.2. The Kier molecular flexibility index (Phi) is 4.99. The van der Waals surface area contributed by atoms with Crippen molar-refractivity contribution in [2.45, 2.75) is 38.6 Å². The predicted octanol–water partition coefficient (Wildman–Crippen LogP) is 3.22. The molecule has 144 valence electrons. The number of likely N-dealkylation sites (tertiary alicyclic amines) is 1. The zero-order valence-corrected chi connectivity index (χ0v) is 16.0. The molecule has 1 aliphatic heterocycles. The molecule has 1 atom stereocenters. The second-order valence-corrected chi connectivity index (χ2v) is 7.66. The van der Waals surface area contributed by atoms with Crippen LogP contribution in [-0.4, -0.2) is 41.6 Å². The molecule has 1 saturated heterocycles. The van der Waals surface area contributed by atoms with Gasteiger partial charge in [0.2, 0.25) is 5.91 Å². The Morgan fingerprint density at radius 1 is 1.04 bits per heavy atom. The molecule has 0 unspecified atom stereocenters. The Hall–Kier alpha value is -2.95. The molecule has 0 saturated carbocycles. The Balaban J connectivity index is 1.48. The average Bonchev–Trinajstić information content (AvgIpc) is 3.07. The first-order valence-corrected chi connectivity index (χ1v) is 9.84. The van der Waals surface area contributed by atoms with Crippen LogP contribution in [0.1, 0.15) is 52.5 Å². The van der Waals surface area contributed by atoms with Gasteiger partial charge in [0.05, 0.1) is 0 Å². The van der Waals surface area contributed by atoms with Gasteiger partial charge in [-0.05, 0) is 48.1 Å². The molecular formula is C23H24N2O3. The molecule has 1 aliphatic carbocycles. The molecule has 5 nitrogen and oxygen atoms in total. The fourth-order valence-electron chi connectivity index (χ4n) is 4.19. The molecule has 2 aromatic carbocycles. The Bertz CT molecular complexity index is 933. The van der Waals surface area contributed by atoms with Gasteiger partial charge in [-0.15, -0.1) is 0 Å². The minimum atomic E-state index is -0.0558. The van der Waals surface area contributed by atoms with E-state index >= 15 is 0 Å². The summed E-state index contributed by atoms with van der Waals surface area (Å²) in [6, 6.07) is 13.6. The van der Waals surface area contributed by atoms with Gasteiger partial charge >= 0.3 is 0 Å². The smallest absolute Gasteiger partial charge is 0.253 e. The molecule has 5 heteroatoms. The van der Waals surface area contributed by atoms with Gasteiger partial charge in [-0.1, -0.05) is 30.3 Å². The fourth-order valence-corrected chi connectivity index (χ4v) is 4.19. The van der Waals surface area contributed by atoms with Gasteiger partial charge in [-0.25, -0.2) is 0 Å². The van der Waals surface area contributed by atoms with E-state index in [0.29, 0.717) is 18.5 Å². The van der Waals surface area contributed by atoms with Crippen LogP contribution in [0.2, 0.25) is 0 Å². The molecule has 28 heavy (non-hydrogen) atoms. The SMILES string of the molecule is CC(=O)N[C@H]1CCCN(C(=O)c2ccc(-c3ccc4c(c3)CCC4=O)cc2)C1. The maximum absolute atomic E-state index is 12.8. The molecule has 2 aromatic rings. The first-order chi connectivity index (χ1) is 13.5. The number of piperidine rings is 1. The van der Waals surface area contributed by atoms with Crippen LogP contribution in [0.25, 0.3) is 11.1 Å². The zero-order chi connectivity index (χ0) is 19.7. The van der Waals surface area contributed by atoms with E-state index in [1.807, 2.05) is 41.3 Å². The summed E-state index contributed by atoms with van der Waals surface area (Å²) in [7, 11) is 0. The van der Waals surface area contributed by atoms with E-state index in [2.05, 4.69) is 11.4 Å². The third kappa shape index (κ3) is 3.70. The lowest BCUT2D eigenvalue weighted by atomic mass is 9.99. The summed E-state index contributed by atoms with van der Waals surface area (Å²) in [4.78, 5) is 37.7. The number of Topliss-reactive ketones (excluding diaryl/α,β-unsaturated/α-hetero) is 1. The summed E-state index contributed by atoms with van der Waals surface area (Å²) in [6.45, 7) is 2.78. The maximum atomic E-state index is 12.8. The lowest BCUT2D eigenvalue weighted by molar-refractivity contribution is -0.120. The van der Waals surface area contributed by atoms with Gasteiger partial charge < -0.3 is 10.2 Å². The average molecular weight is 376 g/mol. The van der Waals surface area contributed by atoms with Crippen LogP contribution < -0.4 is 5.32 Å². The van der Waals surface area contributed by atoms with Gasteiger partial charge in [-0.3, -0.25) is 14.4 Å². The number of ketones is 1. The number of hydrogen-bond donors (Lipinski definition) is 1. The highest BCUT2D eigenvalue weighted by Gasteiger charge is 2.25. The minimum Gasteiger partial charge on any atom is -0.352 e.